The number of carboxylic acids is 1. The Labute approximate surface area is 203 Å². The third kappa shape index (κ3) is 4.92. The summed E-state index contributed by atoms with van der Waals surface area (Å²) in [7, 11) is 0. The largest absolute Gasteiger partial charge is 0.481 e. The molecule has 2 aliphatic carbocycles. The van der Waals surface area contributed by atoms with Crippen LogP contribution in [0.15, 0.2) is 48.5 Å². The zero-order chi connectivity index (χ0) is 24.1. The quantitative estimate of drug-likeness (QED) is 0.473. The van der Waals surface area contributed by atoms with E-state index in [1.807, 2.05) is 30.5 Å². The van der Waals surface area contributed by atoms with Crippen molar-refractivity contribution < 1.29 is 24.2 Å². The van der Waals surface area contributed by atoms with Gasteiger partial charge >= 0.3 is 12.1 Å². The van der Waals surface area contributed by atoms with Crippen LogP contribution in [0.4, 0.5) is 4.79 Å². The highest BCUT2D eigenvalue weighted by Gasteiger charge is 2.44. The fourth-order valence-corrected chi connectivity index (χ4v) is 5.21. The van der Waals surface area contributed by atoms with E-state index in [4.69, 9.17) is 4.74 Å². The van der Waals surface area contributed by atoms with E-state index in [9.17, 15) is 19.5 Å². The van der Waals surface area contributed by atoms with E-state index in [0.717, 1.165) is 28.7 Å². The molecule has 1 fully saturated rings. The highest BCUT2D eigenvalue weighted by atomic mass is 32.2. The van der Waals surface area contributed by atoms with Crippen molar-refractivity contribution in [2.45, 2.75) is 37.6 Å². The lowest BCUT2D eigenvalue weighted by atomic mass is 9.69. The molecule has 4 rings (SSSR count). The van der Waals surface area contributed by atoms with E-state index in [0.29, 0.717) is 25.0 Å². The van der Waals surface area contributed by atoms with Crippen LogP contribution >= 0.6 is 11.8 Å². The minimum absolute atomic E-state index is 0.0642. The van der Waals surface area contributed by atoms with Crippen LogP contribution in [0, 0.1) is 5.41 Å². The molecule has 0 bridgehead atoms. The van der Waals surface area contributed by atoms with Crippen LogP contribution in [-0.2, 0) is 14.3 Å². The van der Waals surface area contributed by atoms with Gasteiger partial charge in [-0.1, -0.05) is 55.0 Å². The molecule has 8 heteroatoms. The Morgan fingerprint density at radius 2 is 1.71 bits per heavy atom. The summed E-state index contributed by atoms with van der Waals surface area (Å²) in [5, 5.41) is 14.9. The van der Waals surface area contributed by atoms with Gasteiger partial charge in [0.2, 0.25) is 5.91 Å². The van der Waals surface area contributed by atoms with Crippen LogP contribution in [0.1, 0.15) is 42.7 Å². The maximum atomic E-state index is 12.8. The molecule has 2 aromatic rings. The van der Waals surface area contributed by atoms with E-state index in [1.165, 1.54) is 0 Å². The molecule has 2 aromatic carbocycles. The van der Waals surface area contributed by atoms with Crippen molar-refractivity contribution >= 4 is 29.7 Å². The fourth-order valence-electron chi connectivity index (χ4n) is 4.74. The Bertz CT molecular complexity index is 1020. The number of aliphatic carboxylic acids is 1. The predicted molar refractivity (Wildman–Crippen MR) is 132 cm³/mol. The number of benzene rings is 2. The van der Waals surface area contributed by atoms with Crippen molar-refractivity contribution in [3.05, 3.63) is 59.7 Å². The number of hydrogen-bond acceptors (Lipinski definition) is 5. The summed E-state index contributed by atoms with van der Waals surface area (Å²) < 4.78 is 5.59. The summed E-state index contributed by atoms with van der Waals surface area (Å²) in [6, 6.07) is 15.4. The van der Waals surface area contributed by atoms with Crippen LogP contribution in [0.3, 0.4) is 0 Å². The molecule has 2 amide bonds. The molecule has 180 valence electrons. The summed E-state index contributed by atoms with van der Waals surface area (Å²) in [6.45, 7) is 0.238. The Morgan fingerprint density at radius 3 is 2.24 bits per heavy atom. The first kappa shape index (κ1) is 24.1. The molecule has 1 saturated carbocycles. The lowest BCUT2D eigenvalue weighted by Gasteiger charge is -2.37. The van der Waals surface area contributed by atoms with Crippen molar-refractivity contribution in [1.82, 2.24) is 10.6 Å². The van der Waals surface area contributed by atoms with Gasteiger partial charge < -0.3 is 20.5 Å². The minimum Gasteiger partial charge on any atom is -0.481 e. The van der Waals surface area contributed by atoms with Crippen molar-refractivity contribution in [3.8, 4) is 11.1 Å². The van der Waals surface area contributed by atoms with Crippen molar-refractivity contribution in [1.29, 1.82) is 0 Å². The maximum Gasteiger partial charge on any atom is 0.407 e. The molecule has 0 heterocycles. The van der Waals surface area contributed by atoms with Gasteiger partial charge in [-0.2, -0.15) is 11.8 Å². The second-order valence-electron chi connectivity index (χ2n) is 8.96. The van der Waals surface area contributed by atoms with Crippen LogP contribution in [-0.4, -0.2) is 54.3 Å². The van der Waals surface area contributed by atoms with E-state index in [2.05, 4.69) is 34.9 Å². The number of rotatable bonds is 10. The summed E-state index contributed by atoms with van der Waals surface area (Å²) in [6.07, 6.45) is 3.65. The Balaban J connectivity index is 1.37. The Hall–Kier alpha value is -3.00. The number of nitrogens with one attached hydrogen (secondary N) is 2. The van der Waals surface area contributed by atoms with Crippen LogP contribution < -0.4 is 10.6 Å². The number of fused-ring (bicyclic) bond motifs is 3. The van der Waals surface area contributed by atoms with Gasteiger partial charge in [-0.25, -0.2) is 4.79 Å². The lowest BCUT2D eigenvalue weighted by molar-refractivity contribution is -0.154. The number of alkyl carbamates (subject to hydrolysis) is 1. The molecule has 0 radical (unpaired) electrons. The normalized spacial score (nSPS) is 16.5. The highest BCUT2D eigenvalue weighted by molar-refractivity contribution is 7.98. The van der Waals surface area contributed by atoms with Crippen molar-refractivity contribution in [2.75, 3.05) is 25.2 Å². The van der Waals surface area contributed by atoms with E-state index < -0.39 is 23.5 Å². The first-order chi connectivity index (χ1) is 16.4. The molecule has 1 atom stereocenters. The lowest BCUT2D eigenvalue weighted by Crippen LogP contribution is -2.53. The number of carbonyl (C=O) groups excluding carboxylic acids is 2. The van der Waals surface area contributed by atoms with Crippen molar-refractivity contribution in [2.24, 2.45) is 5.41 Å². The fraction of sp³-hybridized carbons (Fsp3) is 0.423. The molecule has 0 spiro atoms. The number of carboxylic acid groups (broad SMARTS) is 1. The predicted octanol–water partition coefficient (Wildman–Crippen LogP) is 4.02. The monoisotopic (exact) mass is 482 g/mol. The molecule has 2 aliphatic rings. The minimum atomic E-state index is -0.885. The molecule has 0 unspecified atom stereocenters. The van der Waals surface area contributed by atoms with Crippen LogP contribution in [0.25, 0.3) is 11.1 Å². The molecule has 7 nitrogen and oxygen atoms in total. The summed E-state index contributed by atoms with van der Waals surface area (Å²) in [4.78, 5) is 37.0. The van der Waals surface area contributed by atoms with Crippen molar-refractivity contribution in [3.63, 3.8) is 0 Å². The van der Waals surface area contributed by atoms with Gasteiger partial charge in [0.15, 0.2) is 0 Å². The zero-order valence-electron chi connectivity index (χ0n) is 19.2. The second kappa shape index (κ2) is 10.5. The number of carbonyl (C=O) groups is 3. The van der Waals surface area contributed by atoms with Gasteiger partial charge in [-0.05, 0) is 53.5 Å². The molecule has 3 N–H and O–H groups in total. The number of ether oxygens (including phenoxy) is 1. The van der Waals surface area contributed by atoms with Gasteiger partial charge in [-0.15, -0.1) is 0 Å². The van der Waals surface area contributed by atoms with Gasteiger partial charge in [0.1, 0.15) is 12.6 Å². The van der Waals surface area contributed by atoms with E-state index >= 15 is 0 Å². The van der Waals surface area contributed by atoms with Gasteiger partial charge in [0.05, 0.1) is 5.41 Å². The Kier molecular flexibility index (Phi) is 7.46. The van der Waals surface area contributed by atoms with Gasteiger partial charge in [0, 0.05) is 12.5 Å². The van der Waals surface area contributed by atoms with Crippen LogP contribution in [0.5, 0.6) is 0 Å². The topological polar surface area (TPSA) is 105 Å². The summed E-state index contributed by atoms with van der Waals surface area (Å²) >= 11 is 1.57. The SMILES string of the molecule is CSCC[C@H](NC(=O)OCC1c2ccccc2-c2ccccc21)C(=O)NCC1(C(=O)O)CCC1. The molecule has 34 heavy (non-hydrogen) atoms. The molecular weight excluding hydrogens is 452 g/mol. The molecule has 0 aliphatic heterocycles. The third-order valence-electron chi connectivity index (χ3n) is 6.93. The summed E-state index contributed by atoms with van der Waals surface area (Å²) in [5.41, 5.74) is 3.64. The number of amides is 2. The second-order valence-corrected chi connectivity index (χ2v) is 9.95. The standard InChI is InChI=1S/C26H30N2O5S/c1-34-14-11-22(23(29)27-16-26(24(30)31)12-6-13-26)28-25(32)33-15-21-19-9-4-2-7-17(19)18-8-3-5-10-20(18)21/h2-5,7-10,21-22H,6,11-16H2,1H3,(H,27,29)(H,28,32)(H,30,31)/t22-/m0/s1. The van der Waals surface area contributed by atoms with E-state index in [-0.39, 0.29) is 25.0 Å². The molecular formula is C26H30N2O5S. The third-order valence-corrected chi connectivity index (χ3v) is 7.57. The Morgan fingerprint density at radius 1 is 1.09 bits per heavy atom. The smallest absolute Gasteiger partial charge is 0.407 e. The average molecular weight is 483 g/mol. The first-order valence-corrected chi connectivity index (χ1v) is 13.0. The molecule has 0 aromatic heterocycles. The number of hydrogen-bond donors (Lipinski definition) is 3. The molecule has 0 saturated heterocycles. The van der Waals surface area contributed by atoms with Crippen LogP contribution in [0.2, 0.25) is 0 Å². The average Bonchev–Trinajstić information content (AvgIpc) is 3.13. The zero-order valence-corrected chi connectivity index (χ0v) is 20.0. The van der Waals surface area contributed by atoms with Gasteiger partial charge in [0.25, 0.3) is 0 Å². The number of thioether (sulfide) groups is 1. The van der Waals surface area contributed by atoms with Gasteiger partial charge in [-0.3, -0.25) is 9.59 Å². The maximum absolute atomic E-state index is 12.8. The summed E-state index contributed by atoms with van der Waals surface area (Å²) in [5.74, 6) is -0.656. The first-order valence-electron chi connectivity index (χ1n) is 11.6. The highest BCUT2D eigenvalue weighted by Crippen LogP contribution is 2.44. The van der Waals surface area contributed by atoms with E-state index in [1.54, 1.807) is 11.8 Å².